The molecule has 0 aliphatic heterocycles. The number of hydrogen-bond donors (Lipinski definition) is 0. The van der Waals surface area contributed by atoms with Crippen molar-refractivity contribution in [3.8, 4) is 12.3 Å². The molecule has 7 atom stereocenters. The monoisotopic (exact) mass is 388 g/mol. The van der Waals surface area contributed by atoms with Crippen LogP contribution in [0.1, 0.15) is 68.6 Å². The SMILES string of the molecule is C#C[C@]1(OC(=O)c2ccccc2)CC[C@H]2[C@@H]3CCC4CC=CC[C@@H]4[C@H]3CC[C@@]21C. The third kappa shape index (κ3) is 2.81. The standard InChI is InChI=1S/C27H32O2/c1-3-27(29-25(28)20-10-5-4-6-11-20)18-16-24-23-14-13-19-9-7-8-12-21(19)22(23)15-17-26(24,27)2/h1,4-8,10-11,19,21-24H,9,12-18H2,2H3/t19?,21-,22+,23+,24-,26-,27-/m0/s1. The molecule has 0 radical (unpaired) electrons. The predicted molar refractivity (Wildman–Crippen MR) is 115 cm³/mol. The topological polar surface area (TPSA) is 26.3 Å². The van der Waals surface area contributed by atoms with Gasteiger partial charge >= 0.3 is 5.97 Å². The Balaban J connectivity index is 1.41. The van der Waals surface area contributed by atoms with Crippen LogP contribution < -0.4 is 0 Å². The van der Waals surface area contributed by atoms with Crippen LogP contribution in [-0.4, -0.2) is 11.6 Å². The van der Waals surface area contributed by atoms with Gasteiger partial charge in [0, 0.05) is 5.41 Å². The zero-order chi connectivity index (χ0) is 20.1. The highest BCUT2D eigenvalue weighted by atomic mass is 16.6. The minimum absolute atomic E-state index is 0.106. The van der Waals surface area contributed by atoms with Crippen LogP contribution >= 0.6 is 0 Å². The number of terminal acetylenes is 1. The van der Waals surface area contributed by atoms with Crippen molar-refractivity contribution in [1.29, 1.82) is 0 Å². The fraction of sp³-hybridized carbons (Fsp3) is 0.593. The van der Waals surface area contributed by atoms with Gasteiger partial charge in [0.05, 0.1) is 5.56 Å². The van der Waals surface area contributed by atoms with Gasteiger partial charge in [0.25, 0.3) is 0 Å². The molecule has 0 spiro atoms. The second kappa shape index (κ2) is 7.05. The normalized spacial score (nSPS) is 42.8. The summed E-state index contributed by atoms with van der Waals surface area (Å²) in [6.07, 6.45) is 20.4. The molecule has 3 fully saturated rings. The van der Waals surface area contributed by atoms with Gasteiger partial charge in [-0.3, -0.25) is 0 Å². The molecule has 5 rings (SSSR count). The molecule has 1 aromatic carbocycles. The average molecular weight is 389 g/mol. The van der Waals surface area contributed by atoms with Crippen molar-refractivity contribution in [3.05, 3.63) is 48.0 Å². The number of allylic oxidation sites excluding steroid dienone is 2. The van der Waals surface area contributed by atoms with Crippen molar-refractivity contribution < 1.29 is 9.53 Å². The largest absolute Gasteiger partial charge is 0.442 e. The molecule has 152 valence electrons. The van der Waals surface area contributed by atoms with Crippen LogP contribution in [0.15, 0.2) is 42.5 Å². The molecule has 2 heteroatoms. The van der Waals surface area contributed by atoms with Gasteiger partial charge in [-0.1, -0.05) is 43.2 Å². The number of rotatable bonds is 2. The average Bonchev–Trinajstić information content (AvgIpc) is 3.06. The summed E-state index contributed by atoms with van der Waals surface area (Å²) >= 11 is 0. The summed E-state index contributed by atoms with van der Waals surface area (Å²) < 4.78 is 6.21. The van der Waals surface area contributed by atoms with Gasteiger partial charge in [0.2, 0.25) is 0 Å². The third-order valence-electron chi connectivity index (χ3n) is 9.16. The highest BCUT2D eigenvalue weighted by Crippen LogP contribution is 2.65. The summed E-state index contributed by atoms with van der Waals surface area (Å²) in [7, 11) is 0. The second-order valence-electron chi connectivity index (χ2n) is 10.1. The molecule has 4 aliphatic carbocycles. The van der Waals surface area contributed by atoms with Crippen LogP contribution in [0.2, 0.25) is 0 Å². The Bertz CT molecular complexity index is 849. The van der Waals surface area contributed by atoms with E-state index in [4.69, 9.17) is 11.2 Å². The number of carbonyl (C=O) groups excluding carboxylic acids is 1. The minimum atomic E-state index is -0.765. The number of carbonyl (C=O) groups is 1. The van der Waals surface area contributed by atoms with Crippen molar-refractivity contribution >= 4 is 5.97 Å². The van der Waals surface area contributed by atoms with Crippen molar-refractivity contribution in [2.24, 2.45) is 35.0 Å². The van der Waals surface area contributed by atoms with Crippen LogP contribution in [0.4, 0.5) is 0 Å². The van der Waals surface area contributed by atoms with E-state index in [-0.39, 0.29) is 11.4 Å². The number of fused-ring (bicyclic) bond motifs is 5. The van der Waals surface area contributed by atoms with Crippen molar-refractivity contribution in [2.75, 3.05) is 0 Å². The molecule has 4 aliphatic rings. The Kier molecular flexibility index (Phi) is 4.61. The number of esters is 1. The zero-order valence-corrected chi connectivity index (χ0v) is 17.5. The Morgan fingerprint density at radius 2 is 1.79 bits per heavy atom. The molecule has 0 aromatic heterocycles. The maximum Gasteiger partial charge on any atom is 0.339 e. The van der Waals surface area contributed by atoms with E-state index in [1.54, 1.807) is 0 Å². The van der Waals surface area contributed by atoms with E-state index < -0.39 is 5.60 Å². The summed E-state index contributed by atoms with van der Waals surface area (Å²) in [5, 5.41) is 0. The first kappa shape index (κ1) is 19.0. The Morgan fingerprint density at radius 3 is 2.59 bits per heavy atom. The quantitative estimate of drug-likeness (QED) is 0.351. The lowest BCUT2D eigenvalue weighted by Gasteiger charge is -2.56. The first-order chi connectivity index (χ1) is 14.1. The van der Waals surface area contributed by atoms with E-state index in [0.29, 0.717) is 11.5 Å². The third-order valence-corrected chi connectivity index (χ3v) is 9.16. The van der Waals surface area contributed by atoms with E-state index >= 15 is 0 Å². The molecule has 0 amide bonds. The van der Waals surface area contributed by atoms with Crippen LogP contribution in [-0.2, 0) is 4.74 Å². The molecule has 1 unspecified atom stereocenters. The van der Waals surface area contributed by atoms with Gasteiger partial charge in [-0.2, -0.15) is 0 Å². The van der Waals surface area contributed by atoms with Crippen LogP contribution in [0.3, 0.4) is 0 Å². The van der Waals surface area contributed by atoms with Crippen LogP contribution in [0, 0.1) is 47.3 Å². The van der Waals surface area contributed by atoms with Gasteiger partial charge in [0.15, 0.2) is 5.60 Å². The predicted octanol–water partition coefficient (Wildman–Crippen LogP) is 6.03. The fourth-order valence-corrected chi connectivity index (χ4v) is 7.64. The maximum atomic E-state index is 12.9. The van der Waals surface area contributed by atoms with Crippen molar-refractivity contribution in [2.45, 2.75) is 63.9 Å². The first-order valence-electron chi connectivity index (χ1n) is 11.5. The summed E-state index contributed by atoms with van der Waals surface area (Å²) in [4.78, 5) is 12.9. The van der Waals surface area contributed by atoms with Crippen molar-refractivity contribution in [3.63, 3.8) is 0 Å². The van der Waals surface area contributed by atoms with Gasteiger partial charge in [0.1, 0.15) is 0 Å². The van der Waals surface area contributed by atoms with E-state index in [2.05, 4.69) is 25.0 Å². The summed E-state index contributed by atoms with van der Waals surface area (Å²) in [6.45, 7) is 2.33. The summed E-state index contributed by atoms with van der Waals surface area (Å²) in [6, 6.07) is 9.30. The summed E-state index contributed by atoms with van der Waals surface area (Å²) in [5.74, 6) is 6.64. The minimum Gasteiger partial charge on any atom is -0.442 e. The molecular formula is C27H32O2. The number of benzene rings is 1. The molecule has 0 bridgehead atoms. The molecule has 2 nitrogen and oxygen atoms in total. The van der Waals surface area contributed by atoms with E-state index in [0.717, 1.165) is 42.9 Å². The van der Waals surface area contributed by atoms with Crippen LogP contribution in [0.25, 0.3) is 0 Å². The molecule has 3 saturated carbocycles. The van der Waals surface area contributed by atoms with Gasteiger partial charge < -0.3 is 4.74 Å². The highest BCUT2D eigenvalue weighted by molar-refractivity contribution is 5.89. The Hall–Kier alpha value is -2.01. The lowest BCUT2D eigenvalue weighted by Crippen LogP contribution is -2.54. The maximum absolute atomic E-state index is 12.9. The molecular weight excluding hydrogens is 356 g/mol. The highest BCUT2D eigenvalue weighted by Gasteiger charge is 2.64. The molecule has 0 saturated heterocycles. The summed E-state index contributed by atoms with van der Waals surface area (Å²) in [5.41, 5.74) is -0.277. The van der Waals surface area contributed by atoms with Gasteiger partial charge in [-0.15, -0.1) is 6.42 Å². The van der Waals surface area contributed by atoms with E-state index in [1.807, 2.05) is 30.3 Å². The van der Waals surface area contributed by atoms with Gasteiger partial charge in [-0.05, 0) is 93.1 Å². The lowest BCUT2D eigenvalue weighted by atomic mass is 9.49. The smallest absolute Gasteiger partial charge is 0.339 e. The zero-order valence-electron chi connectivity index (χ0n) is 17.5. The van der Waals surface area contributed by atoms with E-state index in [1.165, 1.54) is 32.1 Å². The molecule has 29 heavy (non-hydrogen) atoms. The van der Waals surface area contributed by atoms with Gasteiger partial charge in [-0.25, -0.2) is 4.79 Å². The number of hydrogen-bond acceptors (Lipinski definition) is 2. The molecule has 0 N–H and O–H groups in total. The first-order valence-corrected chi connectivity index (χ1v) is 11.5. The van der Waals surface area contributed by atoms with E-state index in [9.17, 15) is 4.79 Å². The Labute approximate surface area is 175 Å². The molecule has 1 aromatic rings. The van der Waals surface area contributed by atoms with Crippen molar-refractivity contribution in [1.82, 2.24) is 0 Å². The van der Waals surface area contributed by atoms with Crippen LogP contribution in [0.5, 0.6) is 0 Å². The fourth-order valence-electron chi connectivity index (χ4n) is 7.64. The lowest BCUT2D eigenvalue weighted by molar-refractivity contribution is -0.106. The molecule has 0 heterocycles. The Morgan fingerprint density at radius 1 is 1.00 bits per heavy atom. The second-order valence-corrected chi connectivity index (χ2v) is 10.1. The number of ether oxygens (including phenoxy) is 1.